The molecule has 1 aliphatic heterocycles. The highest BCUT2D eigenvalue weighted by molar-refractivity contribution is 4.99. The maximum Gasteiger partial charge on any atom is 0.0536 e. The summed E-state index contributed by atoms with van der Waals surface area (Å²) in [5.41, 5.74) is 1.24. The summed E-state index contributed by atoms with van der Waals surface area (Å²) in [6.45, 7) is 8.78. The molecular weight excluding hydrogens is 176 g/mol. The van der Waals surface area contributed by atoms with Crippen LogP contribution in [0, 0.1) is 6.92 Å². The minimum Gasteiger partial charge on any atom is -0.314 e. The highest BCUT2D eigenvalue weighted by atomic mass is 15.3. The average molecular weight is 194 g/mol. The lowest BCUT2D eigenvalue weighted by molar-refractivity contribution is 0.229. The van der Waals surface area contributed by atoms with Gasteiger partial charge in [0.2, 0.25) is 0 Å². The molecule has 1 aliphatic rings. The van der Waals surface area contributed by atoms with Crippen LogP contribution in [0.1, 0.15) is 5.56 Å². The first-order chi connectivity index (χ1) is 6.84. The van der Waals surface area contributed by atoms with Crippen molar-refractivity contribution in [2.24, 2.45) is 0 Å². The SMILES string of the molecule is Cc1cnn(CCN2CCNCC2)c1. The maximum atomic E-state index is 4.27. The maximum absolute atomic E-state index is 4.27. The van der Waals surface area contributed by atoms with Gasteiger partial charge in [-0.05, 0) is 12.5 Å². The molecule has 78 valence electrons. The highest BCUT2D eigenvalue weighted by Crippen LogP contribution is 1.96. The third-order valence-electron chi connectivity index (χ3n) is 2.62. The second-order valence-electron chi connectivity index (χ2n) is 3.87. The van der Waals surface area contributed by atoms with E-state index in [4.69, 9.17) is 0 Å². The van der Waals surface area contributed by atoms with E-state index in [0.717, 1.165) is 26.2 Å². The van der Waals surface area contributed by atoms with Crippen molar-refractivity contribution in [1.82, 2.24) is 20.0 Å². The fourth-order valence-electron chi connectivity index (χ4n) is 1.77. The van der Waals surface area contributed by atoms with Crippen molar-refractivity contribution >= 4 is 0 Å². The number of nitrogens with zero attached hydrogens (tertiary/aromatic N) is 3. The Morgan fingerprint density at radius 1 is 1.36 bits per heavy atom. The molecule has 14 heavy (non-hydrogen) atoms. The van der Waals surface area contributed by atoms with E-state index in [1.54, 1.807) is 0 Å². The van der Waals surface area contributed by atoms with Crippen molar-refractivity contribution in [3.63, 3.8) is 0 Å². The van der Waals surface area contributed by atoms with Crippen LogP contribution in [0.25, 0.3) is 0 Å². The summed E-state index contributed by atoms with van der Waals surface area (Å²) >= 11 is 0. The molecule has 1 aromatic rings. The molecule has 2 rings (SSSR count). The zero-order chi connectivity index (χ0) is 9.80. The largest absolute Gasteiger partial charge is 0.314 e. The Balaban J connectivity index is 1.76. The number of hydrogen-bond acceptors (Lipinski definition) is 3. The van der Waals surface area contributed by atoms with Gasteiger partial charge in [0.15, 0.2) is 0 Å². The van der Waals surface area contributed by atoms with Crippen LogP contribution in [0.3, 0.4) is 0 Å². The molecule has 0 amide bonds. The van der Waals surface area contributed by atoms with Crippen LogP contribution < -0.4 is 5.32 Å². The van der Waals surface area contributed by atoms with Crippen molar-refractivity contribution in [3.8, 4) is 0 Å². The molecule has 4 heteroatoms. The Bertz CT molecular complexity index is 275. The molecule has 1 saturated heterocycles. The average Bonchev–Trinajstić information content (AvgIpc) is 2.63. The van der Waals surface area contributed by atoms with Crippen LogP contribution in [0.4, 0.5) is 0 Å². The first-order valence-corrected chi connectivity index (χ1v) is 5.27. The number of piperazine rings is 1. The molecule has 0 radical (unpaired) electrons. The first-order valence-electron chi connectivity index (χ1n) is 5.27. The van der Waals surface area contributed by atoms with Crippen LogP contribution in [-0.4, -0.2) is 47.4 Å². The van der Waals surface area contributed by atoms with Crippen molar-refractivity contribution in [2.45, 2.75) is 13.5 Å². The Morgan fingerprint density at radius 2 is 2.14 bits per heavy atom. The highest BCUT2D eigenvalue weighted by Gasteiger charge is 2.08. The van der Waals surface area contributed by atoms with E-state index in [1.807, 2.05) is 10.9 Å². The second-order valence-corrected chi connectivity index (χ2v) is 3.87. The third-order valence-corrected chi connectivity index (χ3v) is 2.62. The van der Waals surface area contributed by atoms with E-state index < -0.39 is 0 Å². The zero-order valence-corrected chi connectivity index (χ0v) is 8.74. The van der Waals surface area contributed by atoms with E-state index in [0.29, 0.717) is 0 Å². The molecule has 0 unspecified atom stereocenters. The van der Waals surface area contributed by atoms with Gasteiger partial charge in [-0.2, -0.15) is 5.10 Å². The molecule has 0 aromatic carbocycles. The quantitative estimate of drug-likeness (QED) is 0.740. The molecule has 0 aliphatic carbocycles. The van der Waals surface area contributed by atoms with Crippen LogP contribution in [0.5, 0.6) is 0 Å². The summed E-state index contributed by atoms with van der Waals surface area (Å²) in [7, 11) is 0. The van der Waals surface area contributed by atoms with Gasteiger partial charge in [0, 0.05) is 38.9 Å². The lowest BCUT2D eigenvalue weighted by atomic mass is 10.3. The summed E-state index contributed by atoms with van der Waals surface area (Å²) in [5, 5.41) is 7.63. The second kappa shape index (κ2) is 4.57. The molecule has 0 atom stereocenters. The Hall–Kier alpha value is -0.870. The molecule has 0 saturated carbocycles. The Labute approximate surface area is 84.9 Å². The van der Waals surface area contributed by atoms with Gasteiger partial charge in [-0.3, -0.25) is 9.58 Å². The van der Waals surface area contributed by atoms with Gasteiger partial charge in [-0.15, -0.1) is 0 Å². The zero-order valence-electron chi connectivity index (χ0n) is 8.74. The fourth-order valence-corrected chi connectivity index (χ4v) is 1.77. The van der Waals surface area contributed by atoms with Crippen molar-refractivity contribution in [2.75, 3.05) is 32.7 Å². The van der Waals surface area contributed by atoms with Crippen molar-refractivity contribution in [1.29, 1.82) is 0 Å². The predicted octanol–water partition coefficient (Wildman–Crippen LogP) is 0.0967. The normalized spacial score (nSPS) is 18.6. The Morgan fingerprint density at radius 3 is 2.79 bits per heavy atom. The van der Waals surface area contributed by atoms with E-state index >= 15 is 0 Å². The molecule has 0 spiro atoms. The van der Waals surface area contributed by atoms with Gasteiger partial charge < -0.3 is 5.32 Å². The predicted molar refractivity (Wildman–Crippen MR) is 56.3 cm³/mol. The number of hydrogen-bond donors (Lipinski definition) is 1. The van der Waals surface area contributed by atoms with Gasteiger partial charge in [0.1, 0.15) is 0 Å². The van der Waals surface area contributed by atoms with Crippen LogP contribution >= 0.6 is 0 Å². The van der Waals surface area contributed by atoms with Crippen LogP contribution in [-0.2, 0) is 6.54 Å². The molecule has 4 nitrogen and oxygen atoms in total. The summed E-state index contributed by atoms with van der Waals surface area (Å²) in [6.07, 6.45) is 4.01. The number of rotatable bonds is 3. The molecule has 1 aromatic heterocycles. The number of aryl methyl sites for hydroxylation is 1. The van der Waals surface area contributed by atoms with E-state index in [9.17, 15) is 0 Å². The molecule has 1 fully saturated rings. The van der Waals surface area contributed by atoms with Gasteiger partial charge in [-0.25, -0.2) is 0 Å². The lowest BCUT2D eigenvalue weighted by Gasteiger charge is -2.26. The van der Waals surface area contributed by atoms with Gasteiger partial charge in [0.05, 0.1) is 12.7 Å². The molecule has 1 N–H and O–H groups in total. The monoisotopic (exact) mass is 194 g/mol. The minimum atomic E-state index is 1.01. The van der Waals surface area contributed by atoms with Crippen LogP contribution in [0.15, 0.2) is 12.4 Å². The summed E-state index contributed by atoms with van der Waals surface area (Å²) in [4.78, 5) is 2.48. The Kier molecular flexibility index (Phi) is 3.16. The van der Waals surface area contributed by atoms with E-state index in [2.05, 4.69) is 28.4 Å². The van der Waals surface area contributed by atoms with Crippen molar-refractivity contribution < 1.29 is 0 Å². The van der Waals surface area contributed by atoms with Crippen LogP contribution in [0.2, 0.25) is 0 Å². The lowest BCUT2D eigenvalue weighted by Crippen LogP contribution is -2.44. The molecule has 2 heterocycles. The van der Waals surface area contributed by atoms with Gasteiger partial charge >= 0.3 is 0 Å². The number of nitrogens with one attached hydrogen (secondary N) is 1. The number of aromatic nitrogens is 2. The fraction of sp³-hybridized carbons (Fsp3) is 0.700. The summed E-state index contributed by atoms with van der Waals surface area (Å²) in [6, 6.07) is 0. The third kappa shape index (κ3) is 2.56. The minimum absolute atomic E-state index is 1.01. The molecular formula is C10H18N4. The summed E-state index contributed by atoms with van der Waals surface area (Å²) in [5.74, 6) is 0. The van der Waals surface area contributed by atoms with Gasteiger partial charge in [-0.1, -0.05) is 0 Å². The smallest absolute Gasteiger partial charge is 0.0536 e. The van der Waals surface area contributed by atoms with E-state index in [-0.39, 0.29) is 0 Å². The summed E-state index contributed by atoms with van der Waals surface area (Å²) < 4.78 is 2.03. The van der Waals surface area contributed by atoms with E-state index in [1.165, 1.54) is 18.7 Å². The van der Waals surface area contributed by atoms with Crippen molar-refractivity contribution in [3.05, 3.63) is 18.0 Å². The first kappa shape index (κ1) is 9.68. The van der Waals surface area contributed by atoms with Gasteiger partial charge in [0.25, 0.3) is 0 Å². The topological polar surface area (TPSA) is 33.1 Å². The molecule has 0 bridgehead atoms. The standard InChI is InChI=1S/C10H18N4/c1-10-8-12-14(9-10)7-6-13-4-2-11-3-5-13/h8-9,11H,2-7H2,1H3.